The second kappa shape index (κ2) is 8.90. The average Bonchev–Trinajstić information content (AvgIpc) is 2.59. The molecule has 0 unspecified atom stereocenters. The van der Waals surface area contributed by atoms with Gasteiger partial charge in [0.05, 0.1) is 12.2 Å². The van der Waals surface area contributed by atoms with E-state index in [-0.39, 0.29) is 0 Å². The van der Waals surface area contributed by atoms with Gasteiger partial charge in [-0.05, 0) is 49.7 Å². The Kier molecular flexibility index (Phi) is 6.88. The summed E-state index contributed by atoms with van der Waals surface area (Å²) >= 11 is 0. The maximum atomic E-state index is 4.64. The van der Waals surface area contributed by atoms with Gasteiger partial charge in [0.15, 0.2) is 5.96 Å². The molecule has 2 N–H and O–H groups in total. The van der Waals surface area contributed by atoms with E-state index in [2.05, 4.69) is 34.5 Å². The molecule has 1 aromatic heterocycles. The summed E-state index contributed by atoms with van der Waals surface area (Å²) in [5.74, 6) is 3.54. The lowest BCUT2D eigenvalue weighted by molar-refractivity contribution is 0.250. The van der Waals surface area contributed by atoms with E-state index in [0.29, 0.717) is 12.6 Å². The fraction of sp³-hybridized carbons (Fsp3) is 0.684. The molecule has 5 nitrogen and oxygen atoms in total. The number of aromatic nitrogens is 1. The first-order valence-electron chi connectivity index (χ1n) is 9.10. The monoisotopic (exact) mass is 331 g/mol. The largest absolute Gasteiger partial charge is 0.363 e. The zero-order valence-electron chi connectivity index (χ0n) is 15.8. The van der Waals surface area contributed by atoms with Gasteiger partial charge < -0.3 is 15.5 Å². The number of hydrogen-bond acceptors (Lipinski definition) is 3. The molecule has 0 aliphatic heterocycles. The number of anilines is 1. The summed E-state index contributed by atoms with van der Waals surface area (Å²) in [6.07, 6.45) is 5.10. The van der Waals surface area contributed by atoms with Crippen molar-refractivity contribution >= 4 is 11.8 Å². The van der Waals surface area contributed by atoms with E-state index in [1.165, 1.54) is 25.7 Å². The summed E-state index contributed by atoms with van der Waals surface area (Å²) in [6, 6.07) is 6.64. The van der Waals surface area contributed by atoms with Crippen molar-refractivity contribution in [3.63, 3.8) is 0 Å². The molecule has 1 aromatic rings. The maximum Gasteiger partial charge on any atom is 0.191 e. The molecular formula is C19H33N5. The fourth-order valence-electron chi connectivity index (χ4n) is 3.31. The van der Waals surface area contributed by atoms with Gasteiger partial charge in [-0.3, -0.25) is 4.99 Å². The third-order valence-electron chi connectivity index (χ3n) is 4.97. The standard InChI is InChI=1S/C19H33N5/c1-14(2)15-9-11-16(12-10-15)23-19(20-3)21-13-17-7-6-8-18(22-17)24(4)5/h6-8,14-16H,9-13H2,1-5H3,(H2,20,21,23). The van der Waals surface area contributed by atoms with Crippen LogP contribution in [0, 0.1) is 11.8 Å². The Bertz CT molecular complexity index is 530. The Morgan fingerprint density at radius 1 is 1.25 bits per heavy atom. The quantitative estimate of drug-likeness (QED) is 0.643. The van der Waals surface area contributed by atoms with Crippen LogP contribution in [0.25, 0.3) is 0 Å². The molecule has 0 atom stereocenters. The van der Waals surface area contributed by atoms with Gasteiger partial charge in [0.1, 0.15) is 5.82 Å². The van der Waals surface area contributed by atoms with Gasteiger partial charge in [-0.15, -0.1) is 0 Å². The molecule has 0 radical (unpaired) electrons. The zero-order chi connectivity index (χ0) is 17.5. The Balaban J connectivity index is 1.82. The number of pyridine rings is 1. The molecule has 134 valence electrons. The first-order chi connectivity index (χ1) is 11.5. The van der Waals surface area contributed by atoms with Crippen LogP contribution in [0.4, 0.5) is 5.82 Å². The molecule has 1 aliphatic rings. The lowest BCUT2D eigenvalue weighted by Gasteiger charge is -2.32. The van der Waals surface area contributed by atoms with Crippen molar-refractivity contribution in [1.29, 1.82) is 0 Å². The van der Waals surface area contributed by atoms with Crippen molar-refractivity contribution < 1.29 is 0 Å². The Morgan fingerprint density at radius 3 is 2.54 bits per heavy atom. The van der Waals surface area contributed by atoms with Crippen LogP contribution < -0.4 is 15.5 Å². The number of guanidine groups is 1. The lowest BCUT2D eigenvalue weighted by atomic mass is 9.80. The summed E-state index contributed by atoms with van der Waals surface area (Å²) in [6.45, 7) is 5.37. The van der Waals surface area contributed by atoms with E-state index in [9.17, 15) is 0 Å². The van der Waals surface area contributed by atoms with E-state index < -0.39 is 0 Å². The molecule has 2 rings (SSSR count). The molecule has 5 heteroatoms. The average molecular weight is 332 g/mol. The van der Waals surface area contributed by atoms with Crippen LogP contribution in [0.5, 0.6) is 0 Å². The van der Waals surface area contributed by atoms with Gasteiger partial charge in [0.25, 0.3) is 0 Å². The number of nitrogens with zero attached hydrogens (tertiary/aromatic N) is 3. The number of hydrogen-bond donors (Lipinski definition) is 2. The van der Waals surface area contributed by atoms with Crippen molar-refractivity contribution in [3.8, 4) is 0 Å². The Hall–Kier alpha value is -1.78. The molecule has 24 heavy (non-hydrogen) atoms. The van der Waals surface area contributed by atoms with Gasteiger partial charge in [-0.1, -0.05) is 19.9 Å². The first kappa shape index (κ1) is 18.6. The summed E-state index contributed by atoms with van der Waals surface area (Å²) in [5, 5.41) is 6.96. The van der Waals surface area contributed by atoms with E-state index in [1.54, 1.807) is 0 Å². The zero-order valence-corrected chi connectivity index (χ0v) is 15.8. The normalized spacial score (nSPS) is 21.7. The topological polar surface area (TPSA) is 52.6 Å². The minimum absolute atomic E-state index is 0.535. The van der Waals surface area contributed by atoms with Crippen LogP contribution in [0.15, 0.2) is 23.2 Å². The minimum atomic E-state index is 0.535. The predicted octanol–water partition coefficient (Wildman–Crippen LogP) is 3.03. The van der Waals surface area contributed by atoms with Crippen LogP contribution in [-0.2, 0) is 6.54 Å². The fourth-order valence-corrected chi connectivity index (χ4v) is 3.31. The van der Waals surface area contributed by atoms with E-state index >= 15 is 0 Å². The molecule has 1 saturated carbocycles. The summed E-state index contributed by atoms with van der Waals surface area (Å²) in [7, 11) is 5.85. The molecule has 1 heterocycles. The third kappa shape index (κ3) is 5.39. The highest BCUT2D eigenvalue weighted by molar-refractivity contribution is 5.79. The summed E-state index contributed by atoms with van der Waals surface area (Å²) in [5.41, 5.74) is 1.02. The molecule has 0 spiro atoms. The van der Waals surface area contributed by atoms with Gasteiger partial charge >= 0.3 is 0 Å². The second-order valence-electron chi connectivity index (χ2n) is 7.31. The second-order valence-corrected chi connectivity index (χ2v) is 7.31. The SMILES string of the molecule is CN=C(NCc1cccc(N(C)C)n1)NC1CCC(C(C)C)CC1. The van der Waals surface area contributed by atoms with Crippen LogP contribution >= 0.6 is 0 Å². The van der Waals surface area contributed by atoms with Crippen molar-refractivity contribution in [2.75, 3.05) is 26.0 Å². The smallest absolute Gasteiger partial charge is 0.191 e. The molecule has 1 fully saturated rings. The molecule has 0 bridgehead atoms. The lowest BCUT2D eigenvalue weighted by Crippen LogP contribution is -2.44. The maximum absolute atomic E-state index is 4.64. The van der Waals surface area contributed by atoms with E-state index in [1.807, 2.05) is 44.2 Å². The van der Waals surface area contributed by atoms with E-state index in [4.69, 9.17) is 0 Å². The highest BCUT2D eigenvalue weighted by atomic mass is 15.2. The van der Waals surface area contributed by atoms with Crippen LogP contribution in [0.3, 0.4) is 0 Å². The number of rotatable bonds is 5. The molecule has 0 aromatic carbocycles. The summed E-state index contributed by atoms with van der Waals surface area (Å²) in [4.78, 5) is 11.0. The highest BCUT2D eigenvalue weighted by Crippen LogP contribution is 2.29. The molecule has 0 saturated heterocycles. The molecule has 1 aliphatic carbocycles. The van der Waals surface area contributed by atoms with Crippen molar-refractivity contribution in [3.05, 3.63) is 23.9 Å². The van der Waals surface area contributed by atoms with Crippen LogP contribution in [0.2, 0.25) is 0 Å². The minimum Gasteiger partial charge on any atom is -0.363 e. The van der Waals surface area contributed by atoms with Crippen LogP contribution in [-0.4, -0.2) is 38.1 Å². The van der Waals surface area contributed by atoms with Gasteiger partial charge in [-0.2, -0.15) is 0 Å². The Labute approximate surface area is 147 Å². The molecular weight excluding hydrogens is 298 g/mol. The van der Waals surface area contributed by atoms with Crippen molar-refractivity contribution in [2.45, 2.75) is 52.1 Å². The van der Waals surface area contributed by atoms with E-state index in [0.717, 1.165) is 29.3 Å². The third-order valence-corrected chi connectivity index (χ3v) is 4.97. The first-order valence-corrected chi connectivity index (χ1v) is 9.10. The number of nitrogens with one attached hydrogen (secondary N) is 2. The van der Waals surface area contributed by atoms with Crippen LogP contribution in [0.1, 0.15) is 45.2 Å². The van der Waals surface area contributed by atoms with Crippen molar-refractivity contribution in [1.82, 2.24) is 15.6 Å². The summed E-state index contributed by atoms with van der Waals surface area (Å²) < 4.78 is 0. The molecule has 0 amide bonds. The van der Waals surface area contributed by atoms with Gasteiger partial charge in [-0.25, -0.2) is 4.98 Å². The van der Waals surface area contributed by atoms with Gasteiger partial charge in [0, 0.05) is 27.2 Å². The Morgan fingerprint density at radius 2 is 1.96 bits per heavy atom. The van der Waals surface area contributed by atoms with Gasteiger partial charge in [0.2, 0.25) is 0 Å². The number of aliphatic imine (C=N–C) groups is 1. The highest BCUT2D eigenvalue weighted by Gasteiger charge is 2.23. The predicted molar refractivity (Wildman–Crippen MR) is 102 cm³/mol. The van der Waals surface area contributed by atoms with Crippen molar-refractivity contribution in [2.24, 2.45) is 16.8 Å².